The molecule has 0 bridgehead atoms. The first-order valence-electron chi connectivity index (χ1n) is 4.29. The van der Waals surface area contributed by atoms with Gasteiger partial charge in [-0.05, 0) is 6.07 Å². The van der Waals surface area contributed by atoms with Gasteiger partial charge in [0, 0.05) is 25.3 Å². The van der Waals surface area contributed by atoms with Crippen LogP contribution in [0.2, 0.25) is 0 Å². The van der Waals surface area contributed by atoms with Gasteiger partial charge >= 0.3 is 6.18 Å². The van der Waals surface area contributed by atoms with Crippen LogP contribution in [0.4, 0.5) is 13.2 Å². The maximum Gasteiger partial charge on any atom is 0.425 e. The molecule has 0 aromatic carbocycles. The molecule has 0 spiro atoms. The lowest BCUT2D eigenvalue weighted by molar-refractivity contribution is -0.199. The summed E-state index contributed by atoms with van der Waals surface area (Å²) in [6.45, 7) is -0.586. The quantitative estimate of drug-likeness (QED) is 0.842. The van der Waals surface area contributed by atoms with Crippen LogP contribution in [0.5, 0.6) is 5.88 Å². The van der Waals surface area contributed by atoms with Crippen LogP contribution < -0.4 is 4.74 Å². The van der Waals surface area contributed by atoms with Gasteiger partial charge in [-0.1, -0.05) is 6.07 Å². The minimum absolute atomic E-state index is 0.103. The van der Waals surface area contributed by atoms with Gasteiger partial charge in [0.15, 0.2) is 6.10 Å². The number of rotatable bonds is 4. The Morgan fingerprint density at radius 2 is 2.13 bits per heavy atom. The molecule has 1 aromatic heterocycles. The average molecular weight is 221 g/mol. The molecule has 84 valence electrons. The van der Waals surface area contributed by atoms with E-state index in [-0.39, 0.29) is 5.88 Å². The van der Waals surface area contributed by atoms with Crippen LogP contribution in [0.25, 0.3) is 0 Å². The third-order valence-electron chi connectivity index (χ3n) is 1.66. The van der Waals surface area contributed by atoms with E-state index in [9.17, 15) is 13.2 Å². The normalized spacial score (nSPS) is 13.6. The third kappa shape index (κ3) is 3.75. The molecule has 1 atom stereocenters. The standard InChI is InChI=1S/C9H10F3NO2/c10-9(11,12)7(4-6-14)15-8-3-1-2-5-13-8/h1-3,5,7,14H,4,6H2. The summed E-state index contributed by atoms with van der Waals surface area (Å²) >= 11 is 0. The highest BCUT2D eigenvalue weighted by molar-refractivity contribution is 5.09. The van der Waals surface area contributed by atoms with Crippen molar-refractivity contribution >= 4 is 0 Å². The van der Waals surface area contributed by atoms with Gasteiger partial charge in [-0.15, -0.1) is 0 Å². The van der Waals surface area contributed by atoms with Crippen LogP contribution in [-0.2, 0) is 0 Å². The largest absolute Gasteiger partial charge is 0.465 e. The average Bonchev–Trinajstić information content (AvgIpc) is 2.17. The van der Waals surface area contributed by atoms with Crippen LogP contribution in [0.3, 0.4) is 0 Å². The lowest BCUT2D eigenvalue weighted by Gasteiger charge is -2.20. The van der Waals surface area contributed by atoms with E-state index in [0.29, 0.717) is 0 Å². The van der Waals surface area contributed by atoms with Crippen LogP contribution in [0.15, 0.2) is 24.4 Å². The Kier molecular flexibility index (Phi) is 3.90. The number of pyridine rings is 1. The molecule has 1 unspecified atom stereocenters. The monoisotopic (exact) mass is 221 g/mol. The summed E-state index contributed by atoms with van der Waals surface area (Å²) in [7, 11) is 0. The van der Waals surface area contributed by atoms with Crippen molar-refractivity contribution in [2.45, 2.75) is 18.7 Å². The van der Waals surface area contributed by atoms with Crippen molar-refractivity contribution in [2.75, 3.05) is 6.61 Å². The minimum atomic E-state index is -4.50. The molecule has 0 radical (unpaired) electrons. The highest BCUT2D eigenvalue weighted by Crippen LogP contribution is 2.26. The summed E-state index contributed by atoms with van der Waals surface area (Å²) in [6.07, 6.45) is -5.68. The smallest absolute Gasteiger partial charge is 0.425 e. The van der Waals surface area contributed by atoms with Crippen LogP contribution >= 0.6 is 0 Å². The molecule has 0 aliphatic carbocycles. The molecular weight excluding hydrogens is 211 g/mol. The van der Waals surface area contributed by atoms with E-state index >= 15 is 0 Å². The zero-order valence-electron chi connectivity index (χ0n) is 7.74. The van der Waals surface area contributed by atoms with Crippen molar-refractivity contribution in [3.05, 3.63) is 24.4 Å². The first kappa shape index (κ1) is 11.8. The fraction of sp³-hybridized carbons (Fsp3) is 0.444. The first-order valence-corrected chi connectivity index (χ1v) is 4.29. The van der Waals surface area contributed by atoms with E-state index in [1.165, 1.54) is 18.3 Å². The van der Waals surface area contributed by atoms with Gasteiger partial charge in [0.05, 0.1) is 0 Å². The molecule has 6 heteroatoms. The molecule has 1 rings (SSSR count). The maximum absolute atomic E-state index is 12.3. The summed E-state index contributed by atoms with van der Waals surface area (Å²) in [6, 6.07) is 4.42. The summed E-state index contributed by atoms with van der Waals surface area (Å²) < 4.78 is 41.6. The second-order valence-electron chi connectivity index (χ2n) is 2.83. The van der Waals surface area contributed by atoms with Crippen LogP contribution in [0, 0.1) is 0 Å². The molecule has 0 amide bonds. The van der Waals surface area contributed by atoms with E-state index < -0.39 is 25.3 Å². The van der Waals surface area contributed by atoms with Crippen molar-refractivity contribution in [2.24, 2.45) is 0 Å². The van der Waals surface area contributed by atoms with E-state index in [4.69, 9.17) is 5.11 Å². The second-order valence-corrected chi connectivity index (χ2v) is 2.83. The third-order valence-corrected chi connectivity index (χ3v) is 1.66. The van der Waals surface area contributed by atoms with E-state index in [2.05, 4.69) is 9.72 Å². The van der Waals surface area contributed by atoms with Crippen molar-refractivity contribution < 1.29 is 23.0 Å². The molecule has 1 heterocycles. The lowest BCUT2D eigenvalue weighted by atomic mass is 10.2. The van der Waals surface area contributed by atoms with E-state index in [1.54, 1.807) is 6.07 Å². The Morgan fingerprint density at radius 1 is 1.40 bits per heavy atom. The molecule has 0 aliphatic rings. The predicted octanol–water partition coefficient (Wildman–Crippen LogP) is 1.77. The SMILES string of the molecule is OCCC(Oc1ccccn1)C(F)(F)F. The van der Waals surface area contributed by atoms with Gasteiger partial charge in [-0.3, -0.25) is 0 Å². The molecular formula is C9H10F3NO2. The highest BCUT2D eigenvalue weighted by atomic mass is 19.4. The zero-order valence-corrected chi connectivity index (χ0v) is 7.74. The number of aliphatic hydroxyl groups excluding tert-OH is 1. The lowest BCUT2D eigenvalue weighted by Crippen LogP contribution is -2.35. The molecule has 1 aromatic rings. The zero-order chi connectivity index (χ0) is 11.3. The molecule has 15 heavy (non-hydrogen) atoms. The van der Waals surface area contributed by atoms with Crippen molar-refractivity contribution in [3.63, 3.8) is 0 Å². The number of aromatic nitrogens is 1. The van der Waals surface area contributed by atoms with E-state index in [0.717, 1.165) is 0 Å². The molecule has 0 aliphatic heterocycles. The van der Waals surface area contributed by atoms with Gasteiger partial charge in [-0.2, -0.15) is 13.2 Å². The Bertz CT molecular complexity index is 289. The summed E-state index contributed by atoms with van der Waals surface area (Å²) in [4.78, 5) is 3.61. The molecule has 0 saturated carbocycles. The maximum atomic E-state index is 12.3. The van der Waals surface area contributed by atoms with Crippen molar-refractivity contribution in [3.8, 4) is 5.88 Å². The number of nitrogens with zero attached hydrogens (tertiary/aromatic N) is 1. The van der Waals surface area contributed by atoms with Gasteiger partial charge < -0.3 is 9.84 Å². The number of hydrogen-bond donors (Lipinski definition) is 1. The van der Waals surface area contributed by atoms with Crippen LogP contribution in [-0.4, -0.2) is 29.0 Å². The van der Waals surface area contributed by atoms with Crippen molar-refractivity contribution in [1.29, 1.82) is 0 Å². The van der Waals surface area contributed by atoms with E-state index in [1.807, 2.05) is 0 Å². The predicted molar refractivity (Wildman–Crippen MR) is 46.4 cm³/mol. The number of hydrogen-bond acceptors (Lipinski definition) is 3. The van der Waals surface area contributed by atoms with Gasteiger partial charge in [-0.25, -0.2) is 4.98 Å². The highest BCUT2D eigenvalue weighted by Gasteiger charge is 2.41. The van der Waals surface area contributed by atoms with Crippen LogP contribution in [0.1, 0.15) is 6.42 Å². The topological polar surface area (TPSA) is 42.4 Å². The van der Waals surface area contributed by atoms with Gasteiger partial charge in [0.2, 0.25) is 5.88 Å². The molecule has 1 N–H and O–H groups in total. The Morgan fingerprint density at radius 3 is 2.60 bits per heavy atom. The van der Waals surface area contributed by atoms with Gasteiger partial charge in [0.1, 0.15) is 0 Å². The Hall–Kier alpha value is -1.30. The molecule has 3 nitrogen and oxygen atoms in total. The summed E-state index contributed by atoms with van der Waals surface area (Å²) in [5.74, 6) is -0.103. The Labute approximate surface area is 84.5 Å². The molecule has 0 fully saturated rings. The number of aliphatic hydroxyl groups is 1. The number of halogens is 3. The minimum Gasteiger partial charge on any atom is -0.465 e. The number of alkyl halides is 3. The van der Waals surface area contributed by atoms with Gasteiger partial charge in [0.25, 0.3) is 0 Å². The Balaban J connectivity index is 2.67. The summed E-state index contributed by atoms with van der Waals surface area (Å²) in [5, 5.41) is 8.48. The molecule has 0 saturated heterocycles. The number of ether oxygens (including phenoxy) is 1. The fourth-order valence-electron chi connectivity index (χ4n) is 0.969. The second kappa shape index (κ2) is 4.97. The fourth-order valence-corrected chi connectivity index (χ4v) is 0.969. The first-order chi connectivity index (χ1) is 7.04. The van der Waals surface area contributed by atoms with Crippen molar-refractivity contribution in [1.82, 2.24) is 4.98 Å². The summed E-state index contributed by atoms with van der Waals surface area (Å²) in [5.41, 5.74) is 0.